The lowest BCUT2D eigenvalue weighted by Crippen LogP contribution is -2.35. The van der Waals surface area contributed by atoms with Gasteiger partial charge < -0.3 is 9.32 Å². The first-order chi connectivity index (χ1) is 17.0. The molecule has 0 aliphatic carbocycles. The number of carbonyl (C=O) groups is 1. The molecule has 4 heterocycles. The van der Waals surface area contributed by atoms with E-state index < -0.39 is 34.9 Å². The number of carbonyl (C=O) groups excluding carboxylic acids is 1. The smallest absolute Gasteiger partial charge is 0.420 e. The molecule has 1 aliphatic heterocycles. The summed E-state index contributed by atoms with van der Waals surface area (Å²) in [7, 11) is 0. The van der Waals surface area contributed by atoms with Gasteiger partial charge in [0.25, 0.3) is 5.91 Å². The van der Waals surface area contributed by atoms with Gasteiger partial charge in [-0.25, -0.2) is 13.8 Å². The lowest BCUT2D eigenvalue weighted by Gasteiger charge is -2.26. The molecular formula is C25H19ClF5N3O2. The number of imidazole rings is 1. The largest absolute Gasteiger partial charge is 0.472 e. The summed E-state index contributed by atoms with van der Waals surface area (Å²) in [6.07, 6.45) is 2.99. The molecule has 3 aromatic heterocycles. The third-order valence-corrected chi connectivity index (χ3v) is 6.05. The van der Waals surface area contributed by atoms with E-state index in [9.17, 15) is 26.7 Å². The van der Waals surface area contributed by atoms with Gasteiger partial charge >= 0.3 is 6.18 Å². The molecule has 1 amide bonds. The van der Waals surface area contributed by atoms with Crippen molar-refractivity contribution in [1.29, 1.82) is 0 Å². The number of fused-ring (bicyclic) bond motifs is 1. The predicted molar refractivity (Wildman–Crippen MR) is 125 cm³/mol. The summed E-state index contributed by atoms with van der Waals surface area (Å²) < 4.78 is 75.8. The molecular weight excluding hydrogens is 505 g/mol. The lowest BCUT2D eigenvalue weighted by molar-refractivity contribution is -0.136. The van der Waals surface area contributed by atoms with Crippen LogP contribution in [0.4, 0.5) is 22.0 Å². The Bertz CT molecular complexity index is 1430. The highest BCUT2D eigenvalue weighted by Crippen LogP contribution is 2.37. The molecule has 4 rings (SSSR count). The number of amides is 1. The molecule has 0 aromatic carbocycles. The number of hydrogen-bond acceptors (Lipinski definition) is 3. The average Bonchev–Trinajstić information content (AvgIpc) is 3.47. The van der Waals surface area contributed by atoms with Gasteiger partial charge in [-0.15, -0.1) is 0 Å². The molecule has 1 aliphatic rings. The van der Waals surface area contributed by atoms with E-state index >= 15 is 0 Å². The van der Waals surface area contributed by atoms with Crippen LogP contribution in [0.1, 0.15) is 29.4 Å². The van der Waals surface area contributed by atoms with Crippen molar-refractivity contribution in [2.75, 3.05) is 13.1 Å². The van der Waals surface area contributed by atoms with Crippen molar-refractivity contribution >= 4 is 23.2 Å². The second kappa shape index (κ2) is 9.77. The summed E-state index contributed by atoms with van der Waals surface area (Å²) in [5, 5.41) is -0.291. The minimum atomic E-state index is -4.77. The predicted octanol–water partition coefficient (Wildman–Crippen LogP) is 7.32. The summed E-state index contributed by atoms with van der Waals surface area (Å²) in [4.78, 5) is 18.4. The van der Waals surface area contributed by atoms with Crippen LogP contribution in [0, 0.1) is 0 Å². The number of rotatable bonds is 5. The van der Waals surface area contributed by atoms with Crippen LogP contribution in [0.2, 0.25) is 5.15 Å². The summed E-state index contributed by atoms with van der Waals surface area (Å²) in [6, 6.07) is 2.40. The van der Waals surface area contributed by atoms with Crippen LogP contribution in [0.15, 0.2) is 82.9 Å². The molecule has 0 saturated heterocycles. The number of allylic oxidation sites excluding steroid dienone is 5. The van der Waals surface area contributed by atoms with Crippen molar-refractivity contribution in [1.82, 2.24) is 14.3 Å². The topological polar surface area (TPSA) is 50.8 Å². The Kier molecular flexibility index (Phi) is 6.90. The number of halogens is 6. The van der Waals surface area contributed by atoms with Gasteiger partial charge in [0.05, 0.1) is 18.1 Å². The molecule has 5 nitrogen and oxygen atoms in total. The molecule has 0 N–H and O–H groups in total. The maximum atomic E-state index is 14.3. The van der Waals surface area contributed by atoms with Crippen LogP contribution in [0.5, 0.6) is 0 Å². The fraction of sp³-hybridized carbons (Fsp3) is 0.200. The normalized spacial score (nSPS) is 15.7. The monoisotopic (exact) mass is 523 g/mol. The summed E-state index contributed by atoms with van der Waals surface area (Å²) >= 11 is 6.35. The highest BCUT2D eigenvalue weighted by molar-refractivity contribution is 6.33. The van der Waals surface area contributed by atoms with E-state index in [4.69, 9.17) is 16.0 Å². The van der Waals surface area contributed by atoms with Gasteiger partial charge in [-0.2, -0.15) is 13.2 Å². The van der Waals surface area contributed by atoms with Gasteiger partial charge in [-0.1, -0.05) is 30.3 Å². The first kappa shape index (κ1) is 25.4. The zero-order valence-electron chi connectivity index (χ0n) is 18.9. The molecule has 0 saturated carbocycles. The van der Waals surface area contributed by atoms with E-state index in [0.717, 1.165) is 23.5 Å². The number of pyridine rings is 1. The van der Waals surface area contributed by atoms with Crippen molar-refractivity contribution in [3.63, 3.8) is 0 Å². The second-order valence-corrected chi connectivity index (χ2v) is 8.34. The van der Waals surface area contributed by atoms with E-state index in [2.05, 4.69) is 11.6 Å². The van der Waals surface area contributed by atoms with E-state index in [1.807, 2.05) is 0 Å². The highest BCUT2D eigenvalue weighted by atomic mass is 35.5. The fourth-order valence-corrected chi connectivity index (χ4v) is 4.26. The first-order valence-corrected chi connectivity index (χ1v) is 11.1. The Morgan fingerprint density at radius 2 is 2.03 bits per heavy atom. The highest BCUT2D eigenvalue weighted by Gasteiger charge is 2.37. The number of aromatic nitrogens is 2. The van der Waals surface area contributed by atoms with Gasteiger partial charge in [0.2, 0.25) is 0 Å². The summed E-state index contributed by atoms with van der Waals surface area (Å²) in [6.45, 7) is 4.53. The molecule has 0 unspecified atom stereocenters. The molecule has 36 heavy (non-hydrogen) atoms. The van der Waals surface area contributed by atoms with Crippen LogP contribution in [0.3, 0.4) is 0 Å². The molecule has 0 fully saturated rings. The minimum absolute atomic E-state index is 0.0388. The Hall–Kier alpha value is -3.66. The zero-order valence-corrected chi connectivity index (χ0v) is 19.6. The Morgan fingerprint density at radius 3 is 2.58 bits per heavy atom. The maximum Gasteiger partial charge on any atom is 0.420 e. The molecule has 3 aromatic rings. The number of hydrogen-bond donors (Lipinski definition) is 0. The van der Waals surface area contributed by atoms with Crippen molar-refractivity contribution in [2.45, 2.75) is 19.5 Å². The SMILES string of the molecule is C=C/C=C(F)\C(C1=CCN(C(=O)c2nc3c(C(F)(F)F)cc(-c4ccoc4)cn3c2Cl)CC1)=C(/C)F. The summed E-state index contributed by atoms with van der Waals surface area (Å²) in [5.74, 6) is -2.23. The standard InChI is InChI=1S/C25H19ClF5N3O2/c1-3-4-19(28)20(14(2)27)15-5-8-33(9-6-15)24(35)21-22(26)34-12-17(16-7-10-36-13-16)11-18(23(34)32-21)25(29,30)31/h3-5,7,10-13H,1,6,8-9H2,2H3/b19-4+,20-14+. The Balaban J connectivity index is 1.71. The van der Waals surface area contributed by atoms with Crippen molar-refractivity contribution in [2.24, 2.45) is 0 Å². The molecule has 188 valence electrons. The van der Waals surface area contributed by atoms with Crippen LogP contribution in [-0.2, 0) is 6.18 Å². The van der Waals surface area contributed by atoms with Gasteiger partial charge in [0.1, 0.15) is 16.8 Å². The second-order valence-electron chi connectivity index (χ2n) is 7.99. The number of alkyl halides is 3. The lowest BCUT2D eigenvalue weighted by atomic mass is 9.97. The number of furan rings is 1. The average molecular weight is 524 g/mol. The molecule has 0 bridgehead atoms. The third-order valence-electron chi connectivity index (χ3n) is 5.69. The van der Waals surface area contributed by atoms with Gasteiger partial charge in [0.15, 0.2) is 11.3 Å². The van der Waals surface area contributed by atoms with Crippen molar-refractivity contribution in [3.05, 3.63) is 94.9 Å². The maximum absolute atomic E-state index is 14.3. The number of nitrogens with zero attached hydrogens (tertiary/aromatic N) is 3. The van der Waals surface area contributed by atoms with Crippen LogP contribution < -0.4 is 0 Å². The first-order valence-electron chi connectivity index (χ1n) is 10.7. The van der Waals surface area contributed by atoms with Crippen molar-refractivity contribution < 1.29 is 31.2 Å². The van der Waals surface area contributed by atoms with Gasteiger partial charge in [-0.05, 0) is 37.1 Å². The molecule has 0 atom stereocenters. The zero-order chi connectivity index (χ0) is 26.2. The van der Waals surface area contributed by atoms with E-state index in [1.165, 1.54) is 41.8 Å². The Morgan fingerprint density at radius 1 is 1.28 bits per heavy atom. The van der Waals surface area contributed by atoms with Gasteiger partial charge in [0, 0.05) is 36.0 Å². The van der Waals surface area contributed by atoms with Crippen LogP contribution in [0.25, 0.3) is 16.8 Å². The molecule has 11 heteroatoms. The third kappa shape index (κ3) is 4.73. The van der Waals surface area contributed by atoms with Crippen LogP contribution in [-0.4, -0.2) is 33.3 Å². The van der Waals surface area contributed by atoms with E-state index in [0.29, 0.717) is 11.1 Å². The van der Waals surface area contributed by atoms with E-state index in [-0.39, 0.29) is 41.5 Å². The molecule has 0 spiro atoms. The fourth-order valence-electron chi connectivity index (χ4n) is 4.00. The molecule has 0 radical (unpaired) electrons. The summed E-state index contributed by atoms with van der Waals surface area (Å²) in [5.41, 5.74) is -1.25. The Labute approximate surface area is 207 Å². The van der Waals surface area contributed by atoms with Crippen LogP contribution >= 0.6 is 11.6 Å². The quantitative estimate of drug-likeness (QED) is 0.260. The van der Waals surface area contributed by atoms with Crippen molar-refractivity contribution in [3.8, 4) is 11.1 Å². The van der Waals surface area contributed by atoms with Gasteiger partial charge in [-0.3, -0.25) is 9.20 Å². The minimum Gasteiger partial charge on any atom is -0.472 e. The van der Waals surface area contributed by atoms with E-state index in [1.54, 1.807) is 0 Å².